The smallest absolute Gasteiger partial charge is 0.329 e. The molecule has 0 aliphatic heterocycles. The van der Waals surface area contributed by atoms with Crippen LogP contribution in [0.15, 0.2) is 6.20 Å². The third kappa shape index (κ3) is 3.02. The third-order valence-electron chi connectivity index (χ3n) is 1.71. The van der Waals surface area contributed by atoms with E-state index in [0.717, 1.165) is 6.20 Å². The van der Waals surface area contributed by atoms with Gasteiger partial charge in [-0.15, -0.1) is 0 Å². The Labute approximate surface area is 91.9 Å². The van der Waals surface area contributed by atoms with Gasteiger partial charge in [-0.1, -0.05) is 0 Å². The molecule has 16 heavy (non-hydrogen) atoms. The maximum absolute atomic E-state index is 10.7. The summed E-state index contributed by atoms with van der Waals surface area (Å²) < 4.78 is 0. The summed E-state index contributed by atoms with van der Waals surface area (Å²) in [5.74, 6) is 0.415. The molecule has 0 radical (unpaired) electrons. The number of rotatable bonds is 6. The molecule has 88 valence electrons. The van der Waals surface area contributed by atoms with E-state index >= 15 is 0 Å². The Morgan fingerprint density at radius 3 is 2.88 bits per heavy atom. The number of hydrogen-bond acceptors (Lipinski definition) is 7. The molecule has 1 rings (SSSR count). The maximum Gasteiger partial charge on any atom is 0.329 e. The number of aromatic nitrogens is 2. The van der Waals surface area contributed by atoms with Crippen LogP contribution in [0.2, 0.25) is 0 Å². The largest absolute Gasteiger partial charge is 0.395 e. The van der Waals surface area contributed by atoms with Gasteiger partial charge in [-0.25, -0.2) is 4.98 Å². The van der Waals surface area contributed by atoms with Crippen molar-refractivity contribution >= 4 is 17.5 Å². The fraction of sp³-hybridized carbons (Fsp3) is 0.500. The van der Waals surface area contributed by atoms with E-state index in [-0.39, 0.29) is 24.7 Å². The number of nitro groups is 1. The average molecular weight is 227 g/mol. The predicted octanol–water partition coefficient (Wildman–Crippen LogP) is 0.221. The van der Waals surface area contributed by atoms with E-state index in [4.69, 9.17) is 5.11 Å². The van der Waals surface area contributed by atoms with Crippen molar-refractivity contribution in [2.24, 2.45) is 0 Å². The molecule has 0 amide bonds. The minimum Gasteiger partial charge on any atom is -0.395 e. The van der Waals surface area contributed by atoms with Crippen molar-refractivity contribution in [3.8, 4) is 0 Å². The highest BCUT2D eigenvalue weighted by Gasteiger charge is 2.16. The molecule has 0 saturated carbocycles. The van der Waals surface area contributed by atoms with Gasteiger partial charge in [-0.2, -0.15) is 4.98 Å². The zero-order chi connectivity index (χ0) is 12.0. The number of aliphatic hydroxyl groups is 1. The van der Waals surface area contributed by atoms with Gasteiger partial charge in [0.1, 0.15) is 6.20 Å². The molecule has 1 aromatic rings. The summed E-state index contributed by atoms with van der Waals surface area (Å²) in [6.45, 7) is 2.56. The van der Waals surface area contributed by atoms with Gasteiger partial charge in [0.05, 0.1) is 11.5 Å². The normalized spacial score (nSPS) is 9.88. The molecule has 0 bridgehead atoms. The molecule has 8 heteroatoms. The van der Waals surface area contributed by atoms with Crippen LogP contribution in [0.25, 0.3) is 0 Å². The van der Waals surface area contributed by atoms with Crippen LogP contribution in [-0.4, -0.2) is 39.7 Å². The van der Waals surface area contributed by atoms with Crippen LogP contribution in [0.3, 0.4) is 0 Å². The lowest BCUT2D eigenvalue weighted by Gasteiger charge is -2.06. The van der Waals surface area contributed by atoms with Crippen LogP contribution in [-0.2, 0) is 0 Å². The van der Waals surface area contributed by atoms with Crippen molar-refractivity contribution in [1.29, 1.82) is 0 Å². The number of anilines is 2. The topological polar surface area (TPSA) is 113 Å². The monoisotopic (exact) mass is 227 g/mol. The van der Waals surface area contributed by atoms with Crippen LogP contribution in [0, 0.1) is 10.1 Å². The van der Waals surface area contributed by atoms with Crippen molar-refractivity contribution < 1.29 is 10.0 Å². The summed E-state index contributed by atoms with van der Waals surface area (Å²) in [5, 5.41) is 24.8. The Balaban J connectivity index is 2.95. The van der Waals surface area contributed by atoms with Crippen LogP contribution in [0.1, 0.15) is 6.92 Å². The van der Waals surface area contributed by atoms with Crippen LogP contribution >= 0.6 is 0 Å². The Bertz CT molecular complexity index is 371. The first-order chi connectivity index (χ1) is 7.69. The lowest BCUT2D eigenvalue weighted by atomic mass is 10.4. The van der Waals surface area contributed by atoms with E-state index in [0.29, 0.717) is 12.5 Å². The van der Waals surface area contributed by atoms with Gasteiger partial charge in [0, 0.05) is 13.1 Å². The van der Waals surface area contributed by atoms with E-state index in [1.54, 1.807) is 0 Å². The third-order valence-corrected chi connectivity index (χ3v) is 1.71. The minimum absolute atomic E-state index is 0.102. The fourth-order valence-corrected chi connectivity index (χ4v) is 1.06. The number of aliphatic hydroxyl groups excluding tert-OH is 1. The lowest BCUT2D eigenvalue weighted by molar-refractivity contribution is -0.384. The Morgan fingerprint density at radius 2 is 2.31 bits per heavy atom. The summed E-state index contributed by atoms with van der Waals surface area (Å²) in [7, 11) is 0. The van der Waals surface area contributed by atoms with E-state index in [1.807, 2.05) is 6.92 Å². The van der Waals surface area contributed by atoms with E-state index in [1.165, 1.54) is 0 Å². The molecule has 0 aliphatic carbocycles. The van der Waals surface area contributed by atoms with Crippen LogP contribution < -0.4 is 10.6 Å². The summed E-state index contributed by atoms with van der Waals surface area (Å²) in [4.78, 5) is 17.8. The molecule has 0 aliphatic rings. The molecule has 0 fully saturated rings. The number of nitrogens with one attached hydrogen (secondary N) is 2. The van der Waals surface area contributed by atoms with Crippen molar-refractivity contribution in [3.05, 3.63) is 16.3 Å². The van der Waals surface area contributed by atoms with Crippen molar-refractivity contribution in [1.82, 2.24) is 9.97 Å². The molecule has 0 aromatic carbocycles. The van der Waals surface area contributed by atoms with Gasteiger partial charge < -0.3 is 15.7 Å². The van der Waals surface area contributed by atoms with Gasteiger partial charge in [-0.05, 0) is 6.92 Å². The lowest BCUT2D eigenvalue weighted by Crippen LogP contribution is -2.11. The maximum atomic E-state index is 10.7. The fourth-order valence-electron chi connectivity index (χ4n) is 1.06. The molecular formula is C8H13N5O3. The van der Waals surface area contributed by atoms with Gasteiger partial charge in [0.2, 0.25) is 11.8 Å². The highest BCUT2D eigenvalue weighted by Crippen LogP contribution is 2.21. The first kappa shape index (κ1) is 12.1. The van der Waals surface area contributed by atoms with Crippen LogP contribution in [0.4, 0.5) is 17.5 Å². The first-order valence-corrected chi connectivity index (χ1v) is 4.79. The highest BCUT2D eigenvalue weighted by molar-refractivity contribution is 5.56. The van der Waals surface area contributed by atoms with Gasteiger partial charge in [0.15, 0.2) is 0 Å². The minimum atomic E-state index is -0.574. The van der Waals surface area contributed by atoms with E-state index in [9.17, 15) is 10.1 Å². The van der Waals surface area contributed by atoms with E-state index < -0.39 is 4.92 Å². The quantitative estimate of drug-likeness (QED) is 0.470. The molecular weight excluding hydrogens is 214 g/mol. The summed E-state index contributed by atoms with van der Waals surface area (Å²) >= 11 is 0. The zero-order valence-corrected chi connectivity index (χ0v) is 8.80. The van der Waals surface area contributed by atoms with Gasteiger partial charge in [0.25, 0.3) is 0 Å². The van der Waals surface area contributed by atoms with Crippen molar-refractivity contribution in [3.63, 3.8) is 0 Å². The standard InChI is InChI=1S/C8H13N5O3/c1-2-9-8-11-5-6(13(15)16)7(12-8)10-3-4-14/h5,14H,2-4H2,1H3,(H2,9,10,11,12). The predicted molar refractivity (Wildman–Crippen MR) is 58.4 cm³/mol. The highest BCUT2D eigenvalue weighted by atomic mass is 16.6. The second-order valence-electron chi connectivity index (χ2n) is 2.87. The molecule has 3 N–H and O–H groups in total. The molecule has 0 saturated heterocycles. The average Bonchev–Trinajstić information content (AvgIpc) is 2.26. The molecule has 0 spiro atoms. The van der Waals surface area contributed by atoms with Gasteiger partial charge >= 0.3 is 5.69 Å². The summed E-state index contributed by atoms with van der Waals surface area (Å²) in [5.41, 5.74) is -0.213. The number of nitrogens with zero attached hydrogens (tertiary/aromatic N) is 3. The molecule has 0 atom stereocenters. The first-order valence-electron chi connectivity index (χ1n) is 4.79. The van der Waals surface area contributed by atoms with Gasteiger partial charge in [-0.3, -0.25) is 10.1 Å². The second-order valence-corrected chi connectivity index (χ2v) is 2.87. The SMILES string of the molecule is CCNc1ncc([N+](=O)[O-])c(NCCO)n1. The molecule has 1 heterocycles. The second kappa shape index (κ2) is 5.81. The number of hydrogen-bond donors (Lipinski definition) is 3. The zero-order valence-electron chi connectivity index (χ0n) is 8.80. The van der Waals surface area contributed by atoms with E-state index in [2.05, 4.69) is 20.6 Å². The van der Waals surface area contributed by atoms with Crippen molar-refractivity contribution in [2.45, 2.75) is 6.92 Å². The van der Waals surface area contributed by atoms with Crippen LogP contribution in [0.5, 0.6) is 0 Å². The summed E-state index contributed by atoms with van der Waals surface area (Å²) in [6.07, 6.45) is 1.13. The summed E-state index contributed by atoms with van der Waals surface area (Å²) in [6, 6.07) is 0. The molecule has 8 nitrogen and oxygen atoms in total. The Hall–Kier alpha value is -1.96. The Kier molecular flexibility index (Phi) is 4.40. The molecule has 1 aromatic heterocycles. The van der Waals surface area contributed by atoms with Crippen molar-refractivity contribution in [2.75, 3.05) is 30.3 Å². The molecule has 0 unspecified atom stereocenters. The Morgan fingerprint density at radius 1 is 1.56 bits per heavy atom.